The van der Waals surface area contributed by atoms with Gasteiger partial charge in [0.25, 0.3) is 0 Å². The number of ketones is 1. The van der Waals surface area contributed by atoms with E-state index in [-0.39, 0.29) is 18.6 Å². The van der Waals surface area contributed by atoms with Gasteiger partial charge in [-0.25, -0.2) is 9.13 Å². The van der Waals surface area contributed by atoms with E-state index in [1.807, 2.05) is 12.2 Å². The molecule has 0 aromatic rings. The summed E-state index contributed by atoms with van der Waals surface area (Å²) in [7, 11) is -9.71. The number of phosphoric ester groups is 2. The average molecular weight is 891 g/mol. The summed E-state index contributed by atoms with van der Waals surface area (Å²) in [6.45, 7) is 1.49. The van der Waals surface area contributed by atoms with Crippen molar-refractivity contribution >= 4 is 33.4 Å². The molecule has 16 heteroatoms. The first kappa shape index (κ1) is 57.5. The minimum atomic E-state index is -4.88. The molecule has 3 atom stereocenters. The number of allylic oxidation sites excluding steroid dienone is 10. The molecule has 0 aromatic heterocycles. The number of hydrogen-bond acceptors (Lipinski definition) is 11. The number of aliphatic hydroxyl groups excluding tert-OH is 1. The summed E-state index contributed by atoms with van der Waals surface area (Å²) in [4.78, 5) is 64.4. The lowest BCUT2D eigenvalue weighted by molar-refractivity contribution is -0.161. The Kier molecular flexibility index (Phi) is 37.7. The first-order chi connectivity index (χ1) is 28.8. The number of esters is 2. The Labute approximate surface area is 359 Å². The highest BCUT2D eigenvalue weighted by atomic mass is 31.2. The Morgan fingerprint density at radius 2 is 1.02 bits per heavy atom. The minimum absolute atomic E-state index is 0.0858. The van der Waals surface area contributed by atoms with E-state index in [2.05, 4.69) is 59.4 Å². The number of aliphatic hydroxyl groups is 1. The molecule has 1 unspecified atom stereocenters. The number of unbranched alkanes of at least 4 members (excludes halogenated alkanes) is 14. The molecule has 346 valence electrons. The highest BCUT2D eigenvalue weighted by Crippen LogP contribution is 2.43. The van der Waals surface area contributed by atoms with E-state index >= 15 is 0 Å². The van der Waals surface area contributed by atoms with E-state index < -0.39 is 66.2 Å². The molecule has 0 radical (unpaired) electrons. The molecule has 0 aromatic carbocycles. The molecule has 0 aliphatic heterocycles. The number of hydrogen-bond donors (Lipinski definition) is 4. The lowest BCUT2D eigenvalue weighted by atomic mass is 10.1. The zero-order valence-electron chi connectivity index (χ0n) is 36.3. The summed E-state index contributed by atoms with van der Waals surface area (Å²) in [6, 6.07) is 0. The maximum absolute atomic E-state index is 12.7. The minimum Gasteiger partial charge on any atom is -0.462 e. The van der Waals surface area contributed by atoms with Gasteiger partial charge in [-0.05, 0) is 76.7 Å². The van der Waals surface area contributed by atoms with Crippen LogP contribution in [0, 0.1) is 0 Å². The standard InChI is InChI=1S/C44H76O14P2/c1-3-5-7-8-9-10-11-12-13-14-15-16-17-20-24-27-31-35-44(48)58-42(39-57-60(52,53)56-37-41(46)36-55-59(49,50)51)38-54-43(47)34-30-26-23-21-18-19-22-25-29-33-40(45)32-28-6-4-2/h9-10,12-13,15-16,22,25,29,33,41-42,46H,3-8,11,14,17-21,23-24,26-28,30-32,34-39H2,1-2H3,(H,52,53)(H2,49,50,51)/b10-9-,13-12-,16-15-,25-22-,33-29+/t41-,42+/m0/s1. The van der Waals surface area contributed by atoms with Crippen molar-refractivity contribution < 1.29 is 66.3 Å². The van der Waals surface area contributed by atoms with Crippen LogP contribution in [0.25, 0.3) is 0 Å². The molecule has 0 spiro atoms. The summed E-state index contributed by atoms with van der Waals surface area (Å²) in [5.74, 6) is -0.973. The Hall–Kier alpha value is -2.51. The van der Waals surface area contributed by atoms with E-state index in [9.17, 15) is 33.5 Å². The molecule has 0 fully saturated rings. The topological polar surface area (TPSA) is 212 Å². The highest BCUT2D eigenvalue weighted by molar-refractivity contribution is 7.47. The molecule has 0 amide bonds. The molecule has 0 aliphatic carbocycles. The maximum atomic E-state index is 12.7. The number of ether oxygens (including phenoxy) is 2. The van der Waals surface area contributed by atoms with E-state index in [0.717, 1.165) is 96.3 Å². The van der Waals surface area contributed by atoms with Gasteiger partial charge in [-0.2, -0.15) is 0 Å². The quantitative estimate of drug-likeness (QED) is 0.0112. The fraction of sp³-hybridized carbons (Fsp3) is 0.705. The zero-order chi connectivity index (χ0) is 44.6. The van der Waals surface area contributed by atoms with E-state index in [1.165, 1.54) is 19.3 Å². The van der Waals surface area contributed by atoms with Gasteiger partial charge in [0, 0.05) is 19.3 Å². The summed E-state index contributed by atoms with van der Waals surface area (Å²) in [5, 5.41) is 9.74. The summed E-state index contributed by atoms with van der Waals surface area (Å²) >= 11 is 0. The summed E-state index contributed by atoms with van der Waals surface area (Å²) in [6.07, 6.45) is 37.6. The van der Waals surface area contributed by atoms with Crippen LogP contribution < -0.4 is 0 Å². The molecule has 4 N–H and O–H groups in total. The number of carbonyl (C=O) groups is 3. The van der Waals surface area contributed by atoms with Crippen molar-refractivity contribution in [2.75, 3.05) is 26.4 Å². The van der Waals surface area contributed by atoms with Crippen molar-refractivity contribution in [3.63, 3.8) is 0 Å². The third-order valence-corrected chi connectivity index (χ3v) is 10.3. The molecule has 0 rings (SSSR count). The average Bonchev–Trinajstić information content (AvgIpc) is 3.20. The lowest BCUT2D eigenvalue weighted by Crippen LogP contribution is -2.30. The molecule has 60 heavy (non-hydrogen) atoms. The number of rotatable bonds is 41. The van der Waals surface area contributed by atoms with Crippen LogP contribution in [0.3, 0.4) is 0 Å². The third-order valence-electron chi connectivity index (χ3n) is 8.85. The van der Waals surface area contributed by atoms with Crippen molar-refractivity contribution in [3.05, 3.63) is 60.8 Å². The first-order valence-electron chi connectivity index (χ1n) is 21.9. The van der Waals surface area contributed by atoms with Crippen molar-refractivity contribution in [2.45, 2.75) is 174 Å². The molecule has 0 saturated heterocycles. The van der Waals surface area contributed by atoms with Crippen LogP contribution in [0.1, 0.15) is 162 Å². The Morgan fingerprint density at radius 3 is 1.63 bits per heavy atom. The van der Waals surface area contributed by atoms with Gasteiger partial charge in [0.05, 0.1) is 19.8 Å². The van der Waals surface area contributed by atoms with Gasteiger partial charge < -0.3 is 29.3 Å². The van der Waals surface area contributed by atoms with Crippen LogP contribution in [0.2, 0.25) is 0 Å². The fourth-order valence-electron chi connectivity index (χ4n) is 5.45. The smallest absolute Gasteiger partial charge is 0.462 e. The number of phosphoric acid groups is 2. The van der Waals surface area contributed by atoms with Gasteiger partial charge >= 0.3 is 27.6 Å². The summed E-state index contributed by atoms with van der Waals surface area (Å²) < 4.78 is 47.7. The van der Waals surface area contributed by atoms with Crippen LogP contribution in [0.15, 0.2) is 60.8 Å². The van der Waals surface area contributed by atoms with E-state index in [4.69, 9.17) is 23.8 Å². The maximum Gasteiger partial charge on any atom is 0.472 e. The van der Waals surface area contributed by atoms with Crippen molar-refractivity contribution in [3.8, 4) is 0 Å². The van der Waals surface area contributed by atoms with Crippen LogP contribution in [-0.2, 0) is 46.6 Å². The second-order valence-corrected chi connectivity index (χ2v) is 17.3. The molecular weight excluding hydrogens is 814 g/mol. The second-order valence-electron chi connectivity index (χ2n) is 14.6. The molecule has 0 heterocycles. The monoisotopic (exact) mass is 890 g/mol. The van der Waals surface area contributed by atoms with Crippen LogP contribution in [0.5, 0.6) is 0 Å². The molecule has 14 nitrogen and oxygen atoms in total. The first-order valence-corrected chi connectivity index (χ1v) is 25.0. The Balaban J connectivity index is 4.63. The Morgan fingerprint density at radius 1 is 0.533 bits per heavy atom. The SMILES string of the molecule is CCCCC/C=C\C/C=C\C/C=C\CCCCCCC(=O)O[C@H](COC(=O)CCCCCCC/C=C\C=C\C(=O)CCCCC)COP(=O)(O)OC[C@@H](O)COP(=O)(O)O. The molecular formula is C44H76O14P2. The van der Waals surface area contributed by atoms with Gasteiger partial charge in [-0.1, -0.05) is 126 Å². The number of carbonyl (C=O) groups excluding carboxylic acids is 3. The van der Waals surface area contributed by atoms with E-state index in [1.54, 1.807) is 12.2 Å². The Bertz CT molecular complexity index is 1350. The van der Waals surface area contributed by atoms with Gasteiger partial charge in [-0.3, -0.25) is 28.0 Å². The van der Waals surface area contributed by atoms with Gasteiger partial charge in [-0.15, -0.1) is 0 Å². The molecule has 0 aliphatic rings. The third kappa shape index (κ3) is 42.2. The predicted molar refractivity (Wildman–Crippen MR) is 235 cm³/mol. The second kappa shape index (κ2) is 39.3. The van der Waals surface area contributed by atoms with Crippen molar-refractivity contribution in [2.24, 2.45) is 0 Å². The van der Waals surface area contributed by atoms with E-state index in [0.29, 0.717) is 19.3 Å². The lowest BCUT2D eigenvalue weighted by Gasteiger charge is -2.20. The van der Waals surface area contributed by atoms with Gasteiger partial charge in [0.15, 0.2) is 11.9 Å². The largest absolute Gasteiger partial charge is 0.472 e. The predicted octanol–water partition coefficient (Wildman–Crippen LogP) is 10.4. The van der Waals surface area contributed by atoms with Crippen molar-refractivity contribution in [1.82, 2.24) is 0 Å². The van der Waals surface area contributed by atoms with Crippen LogP contribution in [0.4, 0.5) is 0 Å². The normalized spacial score (nSPS) is 14.5. The van der Waals surface area contributed by atoms with Gasteiger partial charge in [0.2, 0.25) is 0 Å². The summed E-state index contributed by atoms with van der Waals surface area (Å²) in [5.41, 5.74) is 0. The molecule has 0 bridgehead atoms. The van der Waals surface area contributed by atoms with Gasteiger partial charge in [0.1, 0.15) is 12.7 Å². The van der Waals surface area contributed by atoms with Crippen LogP contribution in [-0.4, -0.2) is 76.1 Å². The fourth-order valence-corrected chi connectivity index (χ4v) is 6.61. The highest BCUT2D eigenvalue weighted by Gasteiger charge is 2.28. The van der Waals surface area contributed by atoms with Crippen molar-refractivity contribution in [1.29, 1.82) is 0 Å². The molecule has 0 saturated carbocycles. The van der Waals surface area contributed by atoms with Crippen LogP contribution >= 0.6 is 15.6 Å². The zero-order valence-corrected chi connectivity index (χ0v) is 38.1.